The second-order valence-corrected chi connectivity index (χ2v) is 12.5. The highest BCUT2D eigenvalue weighted by Crippen LogP contribution is 2.38. The van der Waals surface area contributed by atoms with Gasteiger partial charge in [0.25, 0.3) is 5.91 Å². The van der Waals surface area contributed by atoms with Crippen LogP contribution in [0.2, 0.25) is 0 Å². The van der Waals surface area contributed by atoms with Gasteiger partial charge in [-0.25, -0.2) is 23.0 Å². The zero-order valence-electron chi connectivity index (χ0n) is 23.7. The highest BCUT2D eigenvalue weighted by molar-refractivity contribution is 7.89. The molecule has 12 nitrogen and oxygen atoms in total. The van der Waals surface area contributed by atoms with E-state index in [1.165, 1.54) is 39.1 Å². The molecule has 2 aliphatic heterocycles. The highest BCUT2D eigenvalue weighted by atomic mass is 32.2. The Morgan fingerprint density at radius 3 is 2.15 bits per heavy atom. The highest BCUT2D eigenvalue weighted by Gasteiger charge is 2.47. The third-order valence-corrected chi connectivity index (χ3v) is 9.79. The van der Waals surface area contributed by atoms with Crippen LogP contribution < -0.4 is 9.47 Å². The number of amides is 1. The first-order chi connectivity index (χ1) is 19.2. The van der Waals surface area contributed by atoms with E-state index in [1.54, 1.807) is 32.0 Å². The number of hydrogen-bond acceptors (Lipinski definition) is 8. The lowest BCUT2D eigenvalue weighted by Crippen LogP contribution is -2.48. The number of carboxylic acid groups (broad SMARTS) is 2. The van der Waals surface area contributed by atoms with Gasteiger partial charge in [0.2, 0.25) is 10.0 Å². The van der Waals surface area contributed by atoms with Crippen LogP contribution in [0.3, 0.4) is 0 Å². The average molecular weight is 588 g/mol. The largest absolute Gasteiger partial charge is 0.493 e. The van der Waals surface area contributed by atoms with Gasteiger partial charge in [-0.15, -0.1) is 0 Å². The fraction of sp³-hybridized carbons (Fsp3) is 0.429. The summed E-state index contributed by atoms with van der Waals surface area (Å²) in [6, 6.07) is 6.03. The van der Waals surface area contributed by atoms with Gasteiger partial charge >= 0.3 is 11.9 Å². The van der Waals surface area contributed by atoms with E-state index in [4.69, 9.17) is 9.47 Å². The Morgan fingerprint density at radius 2 is 1.61 bits per heavy atom. The molecule has 0 radical (unpaired) electrons. The molecule has 2 heterocycles. The number of nitrogens with zero attached hydrogens (tertiary/aromatic N) is 3. The van der Waals surface area contributed by atoms with Crippen LogP contribution in [0.15, 0.2) is 34.3 Å². The summed E-state index contributed by atoms with van der Waals surface area (Å²) in [4.78, 5) is 36.8. The number of benzene rings is 2. The second kappa shape index (κ2) is 10.8. The van der Waals surface area contributed by atoms with E-state index in [-0.39, 0.29) is 37.4 Å². The summed E-state index contributed by atoms with van der Waals surface area (Å²) in [6.07, 6.45) is 0.443. The van der Waals surface area contributed by atoms with Gasteiger partial charge in [0.05, 0.1) is 42.5 Å². The maximum absolute atomic E-state index is 13.7. The summed E-state index contributed by atoms with van der Waals surface area (Å²) < 4.78 is 39.2. The Balaban J connectivity index is 1.63. The van der Waals surface area contributed by atoms with E-state index < -0.39 is 49.4 Å². The Kier molecular flexibility index (Phi) is 7.89. The van der Waals surface area contributed by atoms with Gasteiger partial charge in [-0.2, -0.15) is 9.41 Å². The number of ether oxygens (including phenoxy) is 2. The minimum absolute atomic E-state index is 0.0521. The summed E-state index contributed by atoms with van der Waals surface area (Å²) >= 11 is 0. The Labute approximate surface area is 238 Å². The fourth-order valence-corrected chi connectivity index (χ4v) is 7.22. The molecule has 2 aromatic carbocycles. The maximum atomic E-state index is 13.7. The van der Waals surface area contributed by atoms with Crippen LogP contribution in [0.1, 0.15) is 64.1 Å². The van der Waals surface area contributed by atoms with Crippen molar-refractivity contribution < 1.29 is 42.5 Å². The standard InChI is InChI=1S/C28H33N3O9S/c1-15-13-19(25(32)33)23(22(16(15)2)26(34)35)41(37,38)30-11-9-18(10-12-30)31-27(36)28(3,4)24(29-31)17-7-8-20(39-5)21(14-17)40-6/h7-8,13-14,18H,9-12H2,1-6H3,(H,32,33)(H,34,35). The molecule has 2 aliphatic rings. The number of carbonyl (C=O) groups excluding carboxylic acids is 1. The molecule has 0 saturated carbocycles. The van der Waals surface area contributed by atoms with Crippen LogP contribution in [0.4, 0.5) is 0 Å². The van der Waals surface area contributed by atoms with Gasteiger partial charge in [-0.05, 0) is 75.9 Å². The summed E-state index contributed by atoms with van der Waals surface area (Å²) in [5.41, 5.74) is -0.354. The van der Waals surface area contributed by atoms with Crippen molar-refractivity contribution in [3.8, 4) is 11.5 Å². The molecule has 1 saturated heterocycles. The van der Waals surface area contributed by atoms with Crippen molar-refractivity contribution >= 4 is 33.6 Å². The number of carbonyl (C=O) groups is 3. The van der Waals surface area contributed by atoms with Crippen molar-refractivity contribution in [2.45, 2.75) is 51.5 Å². The third kappa shape index (κ3) is 5.04. The number of piperidine rings is 1. The Bertz CT molecular complexity index is 1570. The van der Waals surface area contributed by atoms with Crippen LogP contribution in [0.5, 0.6) is 11.5 Å². The van der Waals surface area contributed by atoms with Gasteiger partial charge < -0.3 is 19.7 Å². The van der Waals surface area contributed by atoms with Gasteiger partial charge in [-0.1, -0.05) is 0 Å². The molecule has 41 heavy (non-hydrogen) atoms. The molecule has 2 N–H and O–H groups in total. The van der Waals surface area contributed by atoms with Crippen molar-refractivity contribution in [1.29, 1.82) is 0 Å². The average Bonchev–Trinajstić information content (AvgIpc) is 3.17. The van der Waals surface area contributed by atoms with Crippen molar-refractivity contribution in [2.24, 2.45) is 10.5 Å². The number of hydrazone groups is 1. The number of rotatable bonds is 8. The molecule has 0 spiro atoms. The van der Waals surface area contributed by atoms with Gasteiger partial charge in [0, 0.05) is 18.7 Å². The number of methoxy groups -OCH3 is 2. The first-order valence-corrected chi connectivity index (χ1v) is 14.4. The molecule has 0 unspecified atom stereocenters. The van der Waals surface area contributed by atoms with Gasteiger partial charge in [0.1, 0.15) is 4.90 Å². The molecule has 0 aliphatic carbocycles. The minimum Gasteiger partial charge on any atom is -0.493 e. The lowest BCUT2D eigenvalue weighted by Gasteiger charge is -2.35. The first-order valence-electron chi connectivity index (χ1n) is 12.9. The van der Waals surface area contributed by atoms with E-state index in [9.17, 15) is 33.0 Å². The molecule has 0 bridgehead atoms. The van der Waals surface area contributed by atoms with Crippen LogP contribution in [0, 0.1) is 19.3 Å². The normalized spacial score (nSPS) is 17.9. The van der Waals surface area contributed by atoms with E-state index in [0.29, 0.717) is 28.3 Å². The predicted molar refractivity (Wildman–Crippen MR) is 148 cm³/mol. The van der Waals surface area contributed by atoms with Gasteiger partial charge in [0.15, 0.2) is 11.5 Å². The first kappa shape index (κ1) is 30.0. The van der Waals surface area contributed by atoms with Crippen molar-refractivity contribution in [2.75, 3.05) is 27.3 Å². The molecule has 0 atom stereocenters. The van der Waals surface area contributed by atoms with E-state index >= 15 is 0 Å². The van der Waals surface area contributed by atoms with Crippen LogP contribution in [-0.4, -0.2) is 84.9 Å². The molecule has 2 aromatic rings. The number of sulfonamides is 1. The quantitative estimate of drug-likeness (QED) is 0.472. The van der Waals surface area contributed by atoms with E-state index in [0.717, 1.165) is 4.31 Å². The lowest BCUT2D eigenvalue weighted by molar-refractivity contribution is -0.137. The SMILES string of the molecule is COc1ccc(C2=NN(C3CCN(S(=O)(=O)c4c(C(=O)O)cc(C)c(C)c4C(=O)O)CC3)C(=O)C2(C)C)cc1OC. The van der Waals surface area contributed by atoms with Crippen molar-refractivity contribution in [3.63, 3.8) is 0 Å². The van der Waals surface area contributed by atoms with Crippen molar-refractivity contribution in [1.82, 2.24) is 9.31 Å². The lowest BCUT2D eigenvalue weighted by atomic mass is 9.83. The molecule has 0 aromatic heterocycles. The van der Waals surface area contributed by atoms with Gasteiger partial charge in [-0.3, -0.25) is 4.79 Å². The minimum atomic E-state index is -4.50. The molecule has 1 amide bonds. The molecule has 13 heteroatoms. The number of aryl methyl sites for hydroxylation is 1. The zero-order valence-corrected chi connectivity index (χ0v) is 24.5. The summed E-state index contributed by atoms with van der Waals surface area (Å²) in [7, 11) is -1.46. The number of hydrogen-bond donors (Lipinski definition) is 2. The van der Waals surface area contributed by atoms with Crippen LogP contribution >= 0.6 is 0 Å². The molecular weight excluding hydrogens is 554 g/mol. The number of carboxylic acids is 2. The summed E-state index contributed by atoms with van der Waals surface area (Å²) in [5, 5.41) is 25.6. The molecule has 1 fully saturated rings. The van der Waals surface area contributed by atoms with E-state index in [1.807, 2.05) is 0 Å². The van der Waals surface area contributed by atoms with Crippen LogP contribution in [-0.2, 0) is 14.8 Å². The van der Waals surface area contributed by atoms with Crippen LogP contribution in [0.25, 0.3) is 0 Å². The van der Waals surface area contributed by atoms with E-state index in [2.05, 4.69) is 5.10 Å². The topological polar surface area (TPSA) is 163 Å². The predicted octanol–water partition coefficient (Wildman–Crippen LogP) is 3.14. The fourth-order valence-electron chi connectivity index (χ4n) is 5.35. The Morgan fingerprint density at radius 1 is 1.00 bits per heavy atom. The smallest absolute Gasteiger partial charge is 0.337 e. The number of aromatic carboxylic acids is 2. The Hall–Kier alpha value is -3.97. The molecule has 220 valence electrons. The van der Waals surface area contributed by atoms with Crippen molar-refractivity contribution in [3.05, 3.63) is 52.1 Å². The maximum Gasteiger partial charge on any atom is 0.337 e. The second-order valence-electron chi connectivity index (χ2n) is 10.6. The monoisotopic (exact) mass is 587 g/mol. The molecule has 4 rings (SSSR count). The summed E-state index contributed by atoms with van der Waals surface area (Å²) in [5.74, 6) is -2.28. The summed E-state index contributed by atoms with van der Waals surface area (Å²) in [6.45, 7) is 6.41. The molecular formula is C28H33N3O9S. The third-order valence-electron chi connectivity index (χ3n) is 7.81. The zero-order chi connectivity index (χ0) is 30.4.